The Bertz CT molecular complexity index is 923. The molecule has 0 aliphatic carbocycles. The van der Waals surface area contributed by atoms with Crippen molar-refractivity contribution < 1.29 is 4.79 Å². The first-order valence-corrected chi connectivity index (χ1v) is 9.06. The van der Waals surface area contributed by atoms with Gasteiger partial charge in [-0.25, -0.2) is 0 Å². The molecule has 4 nitrogen and oxygen atoms in total. The number of aromatic nitrogens is 2. The summed E-state index contributed by atoms with van der Waals surface area (Å²) in [6.07, 6.45) is 0. The summed E-state index contributed by atoms with van der Waals surface area (Å²) in [6.45, 7) is 1.82. The Labute approximate surface area is 160 Å². The normalized spacial score (nSPS) is 10.7. The molecule has 7 heteroatoms. The van der Waals surface area contributed by atoms with Crippen LogP contribution in [-0.4, -0.2) is 15.7 Å². The number of para-hydroxylation sites is 1. The zero-order valence-electron chi connectivity index (χ0n) is 13.6. The van der Waals surface area contributed by atoms with Crippen LogP contribution in [0.4, 0.5) is 5.69 Å². The van der Waals surface area contributed by atoms with Crippen LogP contribution in [0.5, 0.6) is 0 Å². The van der Waals surface area contributed by atoms with Crippen molar-refractivity contribution in [3.8, 4) is 0 Å². The Balaban J connectivity index is 1.84. The molecule has 0 saturated carbocycles. The van der Waals surface area contributed by atoms with E-state index in [9.17, 15) is 4.79 Å². The topological polar surface area (TPSA) is 46.9 Å². The van der Waals surface area contributed by atoms with Crippen molar-refractivity contribution >= 4 is 46.6 Å². The van der Waals surface area contributed by atoms with Gasteiger partial charge in [0.1, 0.15) is 0 Å². The summed E-state index contributed by atoms with van der Waals surface area (Å²) in [5, 5.41) is 8.12. The summed E-state index contributed by atoms with van der Waals surface area (Å²) < 4.78 is 1.59. The molecule has 3 aromatic rings. The van der Waals surface area contributed by atoms with Crippen molar-refractivity contribution in [1.29, 1.82) is 0 Å². The number of nitrogens with one attached hydrogen (secondary N) is 1. The van der Waals surface area contributed by atoms with Gasteiger partial charge in [0.2, 0.25) is 0 Å². The van der Waals surface area contributed by atoms with Crippen LogP contribution in [0.1, 0.15) is 16.2 Å². The number of halogens is 2. The van der Waals surface area contributed by atoms with Gasteiger partial charge in [-0.2, -0.15) is 5.10 Å². The lowest BCUT2D eigenvalue weighted by Gasteiger charge is -2.10. The predicted molar refractivity (Wildman–Crippen MR) is 103 cm³/mol. The molecule has 3 rings (SSSR count). The second-order valence-electron chi connectivity index (χ2n) is 5.38. The molecule has 0 fully saturated rings. The highest BCUT2D eigenvalue weighted by Crippen LogP contribution is 2.34. The van der Waals surface area contributed by atoms with Gasteiger partial charge in [-0.1, -0.05) is 47.1 Å². The van der Waals surface area contributed by atoms with Crippen LogP contribution >= 0.6 is 35.0 Å². The SMILES string of the molecule is Cc1c(Cl)c(C(=O)Nc2ccccc2Sc2ccc(Cl)cc2)nn1C. The van der Waals surface area contributed by atoms with Gasteiger partial charge in [0.15, 0.2) is 5.69 Å². The van der Waals surface area contributed by atoms with Gasteiger partial charge < -0.3 is 5.32 Å². The predicted octanol–water partition coefficient (Wildman–Crippen LogP) is 5.44. The van der Waals surface area contributed by atoms with Gasteiger partial charge in [-0.15, -0.1) is 0 Å². The highest BCUT2D eigenvalue weighted by Gasteiger charge is 2.19. The molecule has 1 N–H and O–H groups in total. The summed E-state index contributed by atoms with van der Waals surface area (Å²) in [4.78, 5) is 14.5. The molecule has 1 heterocycles. The number of aryl methyl sites for hydroxylation is 1. The minimum absolute atomic E-state index is 0.216. The standard InChI is InChI=1S/C18H15Cl2N3OS/c1-11-16(20)17(22-23(11)2)18(24)21-14-5-3-4-6-15(14)25-13-9-7-12(19)8-10-13/h3-10H,1-2H3,(H,21,24). The number of nitrogens with zero attached hydrogens (tertiary/aromatic N) is 2. The number of carbonyl (C=O) groups excluding carboxylic acids is 1. The second-order valence-corrected chi connectivity index (χ2v) is 7.31. The lowest BCUT2D eigenvalue weighted by Crippen LogP contribution is -2.14. The third-order valence-electron chi connectivity index (χ3n) is 3.65. The van der Waals surface area contributed by atoms with E-state index in [2.05, 4.69) is 10.4 Å². The van der Waals surface area contributed by atoms with Crippen LogP contribution in [0.25, 0.3) is 0 Å². The molecule has 2 aromatic carbocycles. The number of carbonyl (C=O) groups is 1. The molecule has 0 unspecified atom stereocenters. The Hall–Kier alpha value is -1.95. The van der Waals surface area contributed by atoms with Gasteiger partial charge in [0, 0.05) is 21.9 Å². The average molecular weight is 392 g/mol. The maximum absolute atomic E-state index is 12.6. The molecule has 0 radical (unpaired) electrons. The molecule has 25 heavy (non-hydrogen) atoms. The Morgan fingerprint density at radius 1 is 1.12 bits per heavy atom. The third kappa shape index (κ3) is 4.00. The summed E-state index contributed by atoms with van der Waals surface area (Å²) in [5.74, 6) is -0.335. The van der Waals surface area contributed by atoms with Gasteiger partial charge in [-0.05, 0) is 43.3 Å². The maximum Gasteiger partial charge on any atom is 0.277 e. The number of hydrogen-bond acceptors (Lipinski definition) is 3. The third-order valence-corrected chi connectivity index (χ3v) is 5.44. The van der Waals surface area contributed by atoms with Crippen molar-refractivity contribution in [2.45, 2.75) is 16.7 Å². The van der Waals surface area contributed by atoms with E-state index in [1.807, 2.05) is 55.5 Å². The molecular formula is C18H15Cl2N3OS. The summed E-state index contributed by atoms with van der Waals surface area (Å²) >= 11 is 13.7. The van der Waals surface area contributed by atoms with Gasteiger partial charge in [-0.3, -0.25) is 9.48 Å². The van der Waals surface area contributed by atoms with Crippen molar-refractivity contribution in [3.63, 3.8) is 0 Å². The quantitative estimate of drug-likeness (QED) is 0.643. The minimum Gasteiger partial charge on any atom is -0.319 e. The molecule has 0 atom stereocenters. The monoisotopic (exact) mass is 391 g/mol. The van der Waals surface area contributed by atoms with E-state index in [1.54, 1.807) is 23.5 Å². The van der Waals surface area contributed by atoms with Crippen LogP contribution in [0.15, 0.2) is 58.3 Å². The zero-order chi connectivity index (χ0) is 18.0. The zero-order valence-corrected chi connectivity index (χ0v) is 15.9. The fraction of sp³-hybridized carbons (Fsp3) is 0.111. The van der Waals surface area contributed by atoms with E-state index < -0.39 is 0 Å². The van der Waals surface area contributed by atoms with Crippen LogP contribution < -0.4 is 5.32 Å². The van der Waals surface area contributed by atoms with E-state index in [0.717, 1.165) is 15.5 Å². The molecular weight excluding hydrogens is 377 g/mol. The first-order chi connectivity index (χ1) is 12.0. The summed E-state index contributed by atoms with van der Waals surface area (Å²) in [6, 6.07) is 15.1. The van der Waals surface area contributed by atoms with Crippen LogP contribution in [0, 0.1) is 6.92 Å². The first-order valence-electron chi connectivity index (χ1n) is 7.48. The van der Waals surface area contributed by atoms with Gasteiger partial charge >= 0.3 is 0 Å². The van der Waals surface area contributed by atoms with E-state index >= 15 is 0 Å². The highest BCUT2D eigenvalue weighted by molar-refractivity contribution is 7.99. The Kier molecular flexibility index (Phi) is 5.37. The Morgan fingerprint density at radius 3 is 2.44 bits per heavy atom. The van der Waals surface area contributed by atoms with Crippen LogP contribution in [-0.2, 0) is 7.05 Å². The fourth-order valence-electron chi connectivity index (χ4n) is 2.20. The molecule has 0 bridgehead atoms. The van der Waals surface area contributed by atoms with Crippen LogP contribution in [0.3, 0.4) is 0 Å². The lowest BCUT2D eigenvalue weighted by molar-refractivity contribution is 0.102. The van der Waals surface area contributed by atoms with E-state index in [4.69, 9.17) is 23.2 Å². The second kappa shape index (κ2) is 7.52. The Morgan fingerprint density at radius 2 is 1.80 bits per heavy atom. The molecule has 1 amide bonds. The number of hydrogen-bond donors (Lipinski definition) is 1. The van der Waals surface area contributed by atoms with Crippen LogP contribution in [0.2, 0.25) is 10.0 Å². The van der Waals surface area contributed by atoms with Crippen molar-refractivity contribution in [1.82, 2.24) is 9.78 Å². The van der Waals surface area contributed by atoms with Crippen molar-refractivity contribution in [3.05, 3.63) is 70.0 Å². The smallest absolute Gasteiger partial charge is 0.277 e. The average Bonchev–Trinajstić information content (AvgIpc) is 2.86. The minimum atomic E-state index is -0.335. The molecule has 0 spiro atoms. The van der Waals surface area contributed by atoms with Crippen molar-refractivity contribution in [2.24, 2.45) is 7.05 Å². The molecule has 128 valence electrons. The van der Waals surface area contributed by atoms with Crippen molar-refractivity contribution in [2.75, 3.05) is 5.32 Å². The van der Waals surface area contributed by atoms with E-state index in [1.165, 1.54) is 0 Å². The lowest BCUT2D eigenvalue weighted by atomic mass is 10.3. The molecule has 1 aromatic heterocycles. The van der Waals surface area contributed by atoms with E-state index in [0.29, 0.717) is 15.7 Å². The highest BCUT2D eigenvalue weighted by atomic mass is 35.5. The number of anilines is 1. The fourth-order valence-corrected chi connectivity index (χ4v) is 3.47. The molecule has 0 aliphatic rings. The summed E-state index contributed by atoms with van der Waals surface area (Å²) in [7, 11) is 1.75. The molecule has 0 aliphatic heterocycles. The van der Waals surface area contributed by atoms with Gasteiger partial charge in [0.25, 0.3) is 5.91 Å². The number of rotatable bonds is 4. The maximum atomic E-state index is 12.6. The molecule has 0 saturated heterocycles. The first kappa shape index (κ1) is 17.9. The summed E-state index contributed by atoms with van der Waals surface area (Å²) in [5.41, 5.74) is 1.66. The van der Waals surface area contributed by atoms with E-state index in [-0.39, 0.29) is 11.6 Å². The number of benzene rings is 2. The van der Waals surface area contributed by atoms with Gasteiger partial charge in [0.05, 0.1) is 16.4 Å². The number of amides is 1. The largest absolute Gasteiger partial charge is 0.319 e.